The van der Waals surface area contributed by atoms with Gasteiger partial charge in [0.2, 0.25) is 0 Å². The summed E-state index contributed by atoms with van der Waals surface area (Å²) in [5.74, 6) is 0.918. The lowest BCUT2D eigenvalue weighted by Crippen LogP contribution is -2.35. The molecule has 2 heterocycles. The lowest BCUT2D eigenvalue weighted by atomic mass is 10.0. The number of anilines is 1. The first-order valence-electron chi connectivity index (χ1n) is 10.4. The standard InChI is InChI=1S/C23H25ClN2O5/c24-18-3-5-19(6-4-18)26-14-21(31-23(26)28)17-1-7-20(8-2-17)30-15-22(27)25-13-16-9-11-29-12-10-16/h1-8,16,21H,9-15H2,(H,25,27). The van der Waals surface area contributed by atoms with Gasteiger partial charge < -0.3 is 19.5 Å². The first-order chi connectivity index (χ1) is 15.1. The van der Waals surface area contributed by atoms with Crippen LogP contribution < -0.4 is 15.0 Å². The molecule has 1 N–H and O–H groups in total. The summed E-state index contributed by atoms with van der Waals surface area (Å²) < 4.78 is 16.4. The van der Waals surface area contributed by atoms with E-state index in [0.29, 0.717) is 29.8 Å². The van der Waals surface area contributed by atoms with E-state index in [1.165, 1.54) is 0 Å². The summed E-state index contributed by atoms with van der Waals surface area (Å²) in [6.07, 6.45) is 1.18. The molecule has 0 radical (unpaired) electrons. The zero-order valence-corrected chi connectivity index (χ0v) is 17.8. The van der Waals surface area contributed by atoms with E-state index in [0.717, 1.165) is 37.3 Å². The van der Waals surface area contributed by atoms with Crippen molar-refractivity contribution in [2.24, 2.45) is 5.92 Å². The average Bonchev–Trinajstić information content (AvgIpc) is 3.19. The van der Waals surface area contributed by atoms with E-state index < -0.39 is 6.09 Å². The van der Waals surface area contributed by atoms with Crippen molar-refractivity contribution in [1.29, 1.82) is 0 Å². The maximum Gasteiger partial charge on any atom is 0.415 e. The first kappa shape index (κ1) is 21.5. The average molecular weight is 445 g/mol. The van der Waals surface area contributed by atoms with Crippen LogP contribution in [-0.2, 0) is 14.3 Å². The molecule has 7 nitrogen and oxygen atoms in total. The van der Waals surface area contributed by atoms with Crippen molar-refractivity contribution in [2.75, 3.05) is 37.8 Å². The zero-order chi connectivity index (χ0) is 21.6. The van der Waals surface area contributed by atoms with Crippen molar-refractivity contribution >= 4 is 29.3 Å². The molecule has 8 heteroatoms. The van der Waals surface area contributed by atoms with Gasteiger partial charge in [-0.15, -0.1) is 0 Å². The molecule has 2 fully saturated rings. The molecule has 1 unspecified atom stereocenters. The minimum absolute atomic E-state index is 0.0364. The maximum atomic E-state index is 12.3. The third kappa shape index (κ3) is 5.68. The lowest BCUT2D eigenvalue weighted by Gasteiger charge is -2.22. The zero-order valence-electron chi connectivity index (χ0n) is 17.1. The maximum absolute atomic E-state index is 12.3. The van der Waals surface area contributed by atoms with Crippen LogP contribution in [0.4, 0.5) is 10.5 Å². The van der Waals surface area contributed by atoms with E-state index in [-0.39, 0.29) is 18.6 Å². The highest BCUT2D eigenvalue weighted by molar-refractivity contribution is 6.30. The second kappa shape index (κ2) is 10.0. The predicted molar refractivity (Wildman–Crippen MR) is 117 cm³/mol. The highest BCUT2D eigenvalue weighted by atomic mass is 35.5. The number of hydrogen-bond acceptors (Lipinski definition) is 5. The molecular weight excluding hydrogens is 420 g/mol. The van der Waals surface area contributed by atoms with Crippen LogP contribution in [-0.4, -0.2) is 44.9 Å². The van der Waals surface area contributed by atoms with Crippen LogP contribution >= 0.6 is 11.6 Å². The van der Waals surface area contributed by atoms with Gasteiger partial charge in [-0.25, -0.2) is 4.79 Å². The molecule has 2 aliphatic rings. The Balaban J connectivity index is 1.25. The number of carbonyl (C=O) groups is 2. The van der Waals surface area contributed by atoms with Crippen LogP contribution in [0, 0.1) is 5.92 Å². The Hall–Kier alpha value is -2.77. The van der Waals surface area contributed by atoms with Gasteiger partial charge in [0.15, 0.2) is 6.61 Å². The Morgan fingerprint density at radius 3 is 2.52 bits per heavy atom. The van der Waals surface area contributed by atoms with Gasteiger partial charge in [0.1, 0.15) is 11.9 Å². The topological polar surface area (TPSA) is 77.1 Å². The highest BCUT2D eigenvalue weighted by Gasteiger charge is 2.33. The Morgan fingerprint density at radius 2 is 1.81 bits per heavy atom. The number of nitrogens with one attached hydrogen (secondary N) is 1. The minimum Gasteiger partial charge on any atom is -0.484 e. The van der Waals surface area contributed by atoms with E-state index in [9.17, 15) is 9.59 Å². The molecule has 4 rings (SSSR count). The summed E-state index contributed by atoms with van der Waals surface area (Å²) in [7, 11) is 0. The summed E-state index contributed by atoms with van der Waals surface area (Å²) in [4.78, 5) is 25.9. The third-order valence-corrected chi connectivity index (χ3v) is 5.75. The molecular formula is C23H25ClN2O5. The van der Waals surface area contributed by atoms with Gasteiger partial charge in [0.05, 0.1) is 6.54 Å². The number of rotatable bonds is 7. The van der Waals surface area contributed by atoms with Crippen molar-refractivity contribution in [2.45, 2.75) is 18.9 Å². The van der Waals surface area contributed by atoms with Crippen LogP contribution in [0.3, 0.4) is 0 Å². The number of benzene rings is 2. The Labute approximate surface area is 186 Å². The summed E-state index contributed by atoms with van der Waals surface area (Å²) in [5, 5.41) is 3.53. The number of amides is 2. The molecule has 2 aromatic carbocycles. The van der Waals surface area contributed by atoms with Gasteiger partial charge in [0.25, 0.3) is 5.91 Å². The van der Waals surface area contributed by atoms with Crippen LogP contribution in [0.5, 0.6) is 5.75 Å². The van der Waals surface area contributed by atoms with Crippen molar-refractivity contribution in [1.82, 2.24) is 5.32 Å². The SMILES string of the molecule is O=C(COc1ccc(C2CN(c3ccc(Cl)cc3)C(=O)O2)cc1)NCC1CCOCC1. The van der Waals surface area contributed by atoms with Gasteiger partial charge in [-0.1, -0.05) is 23.7 Å². The van der Waals surface area contributed by atoms with Crippen molar-refractivity contribution < 1.29 is 23.8 Å². The molecule has 0 spiro atoms. The van der Waals surface area contributed by atoms with Crippen molar-refractivity contribution in [3.63, 3.8) is 0 Å². The fourth-order valence-corrected chi connectivity index (χ4v) is 3.78. The molecule has 0 bridgehead atoms. The van der Waals surface area contributed by atoms with Gasteiger partial charge >= 0.3 is 6.09 Å². The minimum atomic E-state index is -0.395. The number of ether oxygens (including phenoxy) is 3. The van der Waals surface area contributed by atoms with E-state index in [2.05, 4.69) is 5.32 Å². The van der Waals surface area contributed by atoms with Gasteiger partial charge in [0, 0.05) is 30.5 Å². The Morgan fingerprint density at radius 1 is 1.10 bits per heavy atom. The van der Waals surface area contributed by atoms with E-state index in [4.69, 9.17) is 25.8 Å². The number of halogens is 1. The predicted octanol–water partition coefficient (Wildman–Crippen LogP) is 3.96. The molecule has 2 aromatic rings. The Bertz CT molecular complexity index is 897. The first-order valence-corrected chi connectivity index (χ1v) is 10.8. The lowest BCUT2D eigenvalue weighted by molar-refractivity contribution is -0.123. The molecule has 31 heavy (non-hydrogen) atoms. The number of cyclic esters (lactones) is 1. The smallest absolute Gasteiger partial charge is 0.415 e. The van der Waals surface area contributed by atoms with E-state index in [1.54, 1.807) is 41.3 Å². The molecule has 0 saturated carbocycles. The summed E-state index contributed by atoms with van der Waals surface area (Å²) in [5.41, 5.74) is 1.60. The third-order valence-electron chi connectivity index (χ3n) is 5.50. The normalized spacial score (nSPS) is 19.2. The monoisotopic (exact) mass is 444 g/mol. The van der Waals surface area contributed by atoms with Crippen LogP contribution in [0.15, 0.2) is 48.5 Å². The molecule has 1 atom stereocenters. The largest absolute Gasteiger partial charge is 0.484 e. The van der Waals surface area contributed by atoms with Crippen molar-refractivity contribution in [3.8, 4) is 5.75 Å². The van der Waals surface area contributed by atoms with Gasteiger partial charge in [-0.2, -0.15) is 0 Å². The summed E-state index contributed by atoms with van der Waals surface area (Å²) in [6, 6.07) is 14.3. The van der Waals surface area contributed by atoms with Crippen LogP contribution in [0.2, 0.25) is 5.02 Å². The fourth-order valence-electron chi connectivity index (χ4n) is 3.66. The van der Waals surface area contributed by atoms with Crippen LogP contribution in [0.25, 0.3) is 0 Å². The molecule has 0 aromatic heterocycles. The molecule has 0 aliphatic carbocycles. The van der Waals surface area contributed by atoms with Gasteiger partial charge in [-0.05, 0) is 60.7 Å². The fraction of sp³-hybridized carbons (Fsp3) is 0.391. The summed E-state index contributed by atoms with van der Waals surface area (Å²) >= 11 is 5.92. The number of carbonyl (C=O) groups excluding carboxylic acids is 2. The second-order valence-corrected chi connectivity index (χ2v) is 8.11. The number of hydrogen-bond donors (Lipinski definition) is 1. The second-order valence-electron chi connectivity index (χ2n) is 7.68. The quantitative estimate of drug-likeness (QED) is 0.699. The van der Waals surface area contributed by atoms with Crippen LogP contribution in [0.1, 0.15) is 24.5 Å². The Kier molecular flexibility index (Phi) is 6.94. The van der Waals surface area contributed by atoms with E-state index >= 15 is 0 Å². The molecule has 164 valence electrons. The highest BCUT2D eigenvalue weighted by Crippen LogP contribution is 2.31. The van der Waals surface area contributed by atoms with Crippen molar-refractivity contribution in [3.05, 3.63) is 59.1 Å². The molecule has 2 saturated heterocycles. The summed E-state index contributed by atoms with van der Waals surface area (Å²) in [6.45, 7) is 2.55. The molecule has 2 aliphatic heterocycles. The number of nitrogens with zero attached hydrogens (tertiary/aromatic N) is 1. The molecule has 2 amide bonds. The van der Waals surface area contributed by atoms with E-state index in [1.807, 2.05) is 12.1 Å². The van der Waals surface area contributed by atoms with Gasteiger partial charge in [-0.3, -0.25) is 9.69 Å².